The predicted octanol–water partition coefficient (Wildman–Crippen LogP) is 3.55. The number of aromatic hydroxyl groups is 1. The zero-order valence-electron chi connectivity index (χ0n) is 10.5. The number of methoxy groups -OCH3 is 1. The summed E-state index contributed by atoms with van der Waals surface area (Å²) in [6.07, 6.45) is 3.83. The first-order chi connectivity index (χ1) is 9.26. The van der Waals surface area contributed by atoms with Crippen molar-refractivity contribution in [3.63, 3.8) is 0 Å². The van der Waals surface area contributed by atoms with Gasteiger partial charge in [0.05, 0.1) is 7.11 Å². The van der Waals surface area contributed by atoms with Crippen LogP contribution in [0, 0.1) is 0 Å². The maximum absolute atomic E-state index is 9.50. The van der Waals surface area contributed by atoms with E-state index in [0.29, 0.717) is 5.75 Å². The van der Waals surface area contributed by atoms with E-state index in [9.17, 15) is 5.11 Å². The lowest BCUT2D eigenvalue weighted by Gasteiger charge is -2.22. The van der Waals surface area contributed by atoms with Crippen LogP contribution in [0.1, 0.15) is 17.2 Å². The van der Waals surface area contributed by atoms with Gasteiger partial charge >= 0.3 is 0 Å². The molecule has 2 aromatic carbocycles. The second-order valence-corrected chi connectivity index (χ2v) is 4.40. The van der Waals surface area contributed by atoms with Crippen LogP contribution in [0.25, 0.3) is 6.08 Å². The molecule has 0 amide bonds. The molecular formula is C16H14O3. The minimum Gasteiger partial charge on any atom is -0.508 e. The van der Waals surface area contributed by atoms with Crippen LogP contribution in [0.2, 0.25) is 0 Å². The number of ether oxygens (including phenoxy) is 2. The highest BCUT2D eigenvalue weighted by atomic mass is 16.5. The van der Waals surface area contributed by atoms with E-state index in [1.54, 1.807) is 19.2 Å². The molecule has 1 unspecified atom stereocenters. The van der Waals surface area contributed by atoms with Gasteiger partial charge in [0.15, 0.2) is 0 Å². The van der Waals surface area contributed by atoms with E-state index in [1.807, 2.05) is 42.5 Å². The normalized spacial score (nSPS) is 16.6. The first kappa shape index (κ1) is 11.7. The lowest BCUT2D eigenvalue weighted by molar-refractivity contribution is 0.250. The van der Waals surface area contributed by atoms with E-state index < -0.39 is 0 Å². The summed E-state index contributed by atoms with van der Waals surface area (Å²) in [4.78, 5) is 0. The Morgan fingerprint density at radius 2 is 2.05 bits per heavy atom. The Morgan fingerprint density at radius 1 is 1.16 bits per heavy atom. The number of fused-ring (bicyclic) bond motifs is 1. The van der Waals surface area contributed by atoms with Gasteiger partial charge in [-0.25, -0.2) is 0 Å². The fourth-order valence-electron chi connectivity index (χ4n) is 2.13. The van der Waals surface area contributed by atoms with Gasteiger partial charge in [-0.1, -0.05) is 18.2 Å². The summed E-state index contributed by atoms with van der Waals surface area (Å²) < 4.78 is 11.1. The smallest absolute Gasteiger partial charge is 0.142 e. The standard InChI is InChI=1S/C16H14O3/c1-18-14-4-2-3-12(9-14)15-8-6-11-5-7-13(17)10-16(11)19-15/h2-10,15,17H,1H3. The molecular weight excluding hydrogens is 240 g/mol. The average Bonchev–Trinajstić information content (AvgIpc) is 2.46. The largest absolute Gasteiger partial charge is 0.508 e. The van der Waals surface area contributed by atoms with Gasteiger partial charge in [-0.3, -0.25) is 0 Å². The van der Waals surface area contributed by atoms with Gasteiger partial charge in [-0.2, -0.15) is 0 Å². The van der Waals surface area contributed by atoms with Gasteiger partial charge in [0.2, 0.25) is 0 Å². The van der Waals surface area contributed by atoms with Crippen LogP contribution in [0.4, 0.5) is 0 Å². The number of benzene rings is 2. The van der Waals surface area contributed by atoms with Crippen molar-refractivity contribution in [2.45, 2.75) is 6.10 Å². The second-order valence-electron chi connectivity index (χ2n) is 4.40. The number of hydrogen-bond donors (Lipinski definition) is 1. The van der Waals surface area contributed by atoms with Crippen LogP contribution in [0.5, 0.6) is 17.2 Å². The van der Waals surface area contributed by atoms with Gasteiger partial charge in [0.25, 0.3) is 0 Å². The minimum atomic E-state index is -0.163. The summed E-state index contributed by atoms with van der Waals surface area (Å²) in [5, 5.41) is 9.50. The third kappa shape index (κ3) is 2.27. The molecule has 0 saturated carbocycles. The van der Waals surface area contributed by atoms with Gasteiger partial charge < -0.3 is 14.6 Å². The summed E-state index contributed by atoms with van der Waals surface area (Å²) >= 11 is 0. The molecule has 0 aromatic heterocycles. The zero-order valence-corrected chi connectivity index (χ0v) is 10.5. The first-order valence-electron chi connectivity index (χ1n) is 6.08. The van der Waals surface area contributed by atoms with E-state index in [-0.39, 0.29) is 11.9 Å². The Hall–Kier alpha value is -2.42. The topological polar surface area (TPSA) is 38.7 Å². The van der Waals surface area contributed by atoms with Crippen LogP contribution >= 0.6 is 0 Å². The van der Waals surface area contributed by atoms with E-state index in [0.717, 1.165) is 16.9 Å². The third-order valence-electron chi connectivity index (χ3n) is 3.12. The molecule has 0 fully saturated rings. The third-order valence-corrected chi connectivity index (χ3v) is 3.12. The van der Waals surface area contributed by atoms with E-state index >= 15 is 0 Å². The Bertz CT molecular complexity index is 632. The average molecular weight is 254 g/mol. The van der Waals surface area contributed by atoms with Crippen molar-refractivity contribution in [3.05, 3.63) is 59.7 Å². The summed E-state index contributed by atoms with van der Waals surface area (Å²) in [6, 6.07) is 12.9. The summed E-state index contributed by atoms with van der Waals surface area (Å²) in [6.45, 7) is 0. The highest BCUT2D eigenvalue weighted by molar-refractivity contribution is 5.62. The molecule has 3 nitrogen and oxygen atoms in total. The van der Waals surface area contributed by atoms with Crippen molar-refractivity contribution in [2.75, 3.05) is 7.11 Å². The molecule has 0 bridgehead atoms. The molecule has 3 heteroatoms. The van der Waals surface area contributed by atoms with Crippen molar-refractivity contribution >= 4 is 6.08 Å². The molecule has 0 saturated heterocycles. The second kappa shape index (κ2) is 4.69. The quantitative estimate of drug-likeness (QED) is 0.890. The van der Waals surface area contributed by atoms with Crippen molar-refractivity contribution in [2.24, 2.45) is 0 Å². The Morgan fingerprint density at radius 3 is 2.89 bits per heavy atom. The molecule has 0 aliphatic carbocycles. The van der Waals surface area contributed by atoms with Crippen LogP contribution in [0.15, 0.2) is 48.5 Å². The van der Waals surface area contributed by atoms with E-state index in [4.69, 9.17) is 9.47 Å². The maximum Gasteiger partial charge on any atom is 0.142 e. The molecule has 96 valence electrons. The molecule has 1 aliphatic heterocycles. The molecule has 1 atom stereocenters. The summed E-state index contributed by atoms with van der Waals surface area (Å²) in [7, 11) is 1.64. The SMILES string of the molecule is COc1cccc(C2C=Cc3ccc(O)cc3O2)c1. The van der Waals surface area contributed by atoms with Crippen molar-refractivity contribution in [1.82, 2.24) is 0 Å². The Labute approximate surface area is 111 Å². The van der Waals surface area contributed by atoms with Gasteiger partial charge in [-0.15, -0.1) is 0 Å². The highest BCUT2D eigenvalue weighted by Crippen LogP contribution is 2.35. The predicted molar refractivity (Wildman–Crippen MR) is 73.5 cm³/mol. The fourth-order valence-corrected chi connectivity index (χ4v) is 2.13. The lowest BCUT2D eigenvalue weighted by Crippen LogP contribution is -2.08. The minimum absolute atomic E-state index is 0.163. The summed E-state index contributed by atoms with van der Waals surface area (Å²) in [5.74, 6) is 1.70. The van der Waals surface area contributed by atoms with Gasteiger partial charge in [-0.05, 0) is 35.9 Å². The number of phenolic OH excluding ortho intramolecular Hbond substituents is 1. The molecule has 0 radical (unpaired) electrons. The highest BCUT2D eigenvalue weighted by Gasteiger charge is 2.17. The van der Waals surface area contributed by atoms with Crippen LogP contribution < -0.4 is 9.47 Å². The zero-order chi connectivity index (χ0) is 13.2. The van der Waals surface area contributed by atoms with Crippen molar-refractivity contribution < 1.29 is 14.6 Å². The number of phenols is 1. The maximum atomic E-state index is 9.50. The van der Waals surface area contributed by atoms with Crippen LogP contribution in [-0.4, -0.2) is 12.2 Å². The van der Waals surface area contributed by atoms with Crippen LogP contribution in [0.3, 0.4) is 0 Å². The molecule has 3 rings (SSSR count). The molecule has 0 spiro atoms. The molecule has 1 N–H and O–H groups in total. The number of rotatable bonds is 2. The van der Waals surface area contributed by atoms with E-state index in [2.05, 4.69) is 0 Å². The van der Waals surface area contributed by atoms with Gasteiger partial charge in [0, 0.05) is 11.6 Å². The summed E-state index contributed by atoms with van der Waals surface area (Å²) in [5.41, 5.74) is 1.99. The molecule has 2 aromatic rings. The molecule has 1 aliphatic rings. The Kier molecular flexibility index (Phi) is 2.88. The Balaban J connectivity index is 1.93. The molecule has 19 heavy (non-hydrogen) atoms. The van der Waals surface area contributed by atoms with Gasteiger partial charge in [0.1, 0.15) is 23.4 Å². The first-order valence-corrected chi connectivity index (χ1v) is 6.08. The number of hydrogen-bond acceptors (Lipinski definition) is 3. The van der Waals surface area contributed by atoms with E-state index in [1.165, 1.54) is 0 Å². The van der Waals surface area contributed by atoms with Crippen molar-refractivity contribution in [1.29, 1.82) is 0 Å². The van der Waals surface area contributed by atoms with Crippen molar-refractivity contribution in [3.8, 4) is 17.2 Å². The fraction of sp³-hybridized carbons (Fsp3) is 0.125. The lowest BCUT2D eigenvalue weighted by atomic mass is 10.0. The van der Waals surface area contributed by atoms with Crippen LogP contribution in [-0.2, 0) is 0 Å². The monoisotopic (exact) mass is 254 g/mol. The molecule has 1 heterocycles.